The second-order valence-electron chi connectivity index (χ2n) is 6.05. The van der Waals surface area contributed by atoms with Gasteiger partial charge in [-0.3, -0.25) is 4.79 Å². The number of rotatable bonds is 3. The molecule has 1 aliphatic carbocycles. The highest BCUT2D eigenvalue weighted by molar-refractivity contribution is 7.12. The van der Waals surface area contributed by atoms with Gasteiger partial charge in [-0.05, 0) is 44.1 Å². The van der Waals surface area contributed by atoms with E-state index in [2.05, 4.69) is 5.32 Å². The number of nitrogens with one attached hydrogen (secondary N) is 1. The number of esters is 2. The smallest absolute Gasteiger partial charge is 0.350 e. The van der Waals surface area contributed by atoms with Gasteiger partial charge in [0.15, 0.2) is 0 Å². The number of hydrogen-bond acceptors (Lipinski definition) is 6. The summed E-state index contributed by atoms with van der Waals surface area (Å²) in [5.74, 6) is -1.32. The molecule has 0 radical (unpaired) electrons. The second kappa shape index (κ2) is 6.39. The maximum absolute atomic E-state index is 12.9. The second-order valence-corrected chi connectivity index (χ2v) is 6.97. The SMILES string of the molecule is COC(=O)c1sccc1NC(=O)C1=C(C)C(=O)OC12CCCCC2. The van der Waals surface area contributed by atoms with E-state index < -0.39 is 17.5 Å². The van der Waals surface area contributed by atoms with Crippen LogP contribution in [-0.4, -0.2) is 30.6 Å². The summed E-state index contributed by atoms with van der Waals surface area (Å²) in [6, 6.07) is 1.65. The maximum atomic E-state index is 12.9. The van der Waals surface area contributed by atoms with E-state index in [9.17, 15) is 14.4 Å². The number of methoxy groups -OCH3 is 1. The van der Waals surface area contributed by atoms with Crippen LogP contribution in [0.5, 0.6) is 0 Å². The molecule has 0 aromatic carbocycles. The van der Waals surface area contributed by atoms with Gasteiger partial charge in [-0.2, -0.15) is 0 Å². The summed E-state index contributed by atoms with van der Waals surface area (Å²) in [5.41, 5.74) is 0.325. The Bertz CT molecular complexity index is 727. The lowest BCUT2D eigenvalue weighted by molar-refractivity contribution is -0.149. The number of thiophene rings is 1. The molecular weight excluding hydrogens is 330 g/mol. The Morgan fingerprint density at radius 2 is 2.00 bits per heavy atom. The van der Waals surface area contributed by atoms with Crippen LogP contribution in [0, 0.1) is 0 Å². The van der Waals surface area contributed by atoms with Gasteiger partial charge in [0.05, 0.1) is 18.4 Å². The van der Waals surface area contributed by atoms with E-state index in [1.54, 1.807) is 18.4 Å². The Morgan fingerprint density at radius 1 is 1.29 bits per heavy atom. The van der Waals surface area contributed by atoms with Crippen molar-refractivity contribution < 1.29 is 23.9 Å². The quantitative estimate of drug-likeness (QED) is 0.848. The molecule has 128 valence electrons. The van der Waals surface area contributed by atoms with E-state index in [0.29, 0.717) is 34.6 Å². The summed E-state index contributed by atoms with van der Waals surface area (Å²) in [6.07, 6.45) is 4.23. The normalized spacial score (nSPS) is 19.3. The van der Waals surface area contributed by atoms with Gasteiger partial charge in [-0.15, -0.1) is 11.3 Å². The van der Waals surface area contributed by atoms with Crippen LogP contribution in [0.4, 0.5) is 5.69 Å². The molecule has 1 N–H and O–H groups in total. The summed E-state index contributed by atoms with van der Waals surface area (Å²) in [4.78, 5) is 37.0. The van der Waals surface area contributed by atoms with Gasteiger partial charge in [-0.1, -0.05) is 6.42 Å². The Morgan fingerprint density at radius 3 is 2.67 bits per heavy atom. The number of hydrogen-bond donors (Lipinski definition) is 1. The van der Waals surface area contributed by atoms with Gasteiger partial charge in [0.25, 0.3) is 5.91 Å². The van der Waals surface area contributed by atoms with Crippen molar-refractivity contribution in [3.8, 4) is 0 Å². The van der Waals surface area contributed by atoms with Gasteiger partial charge in [-0.25, -0.2) is 9.59 Å². The molecule has 0 atom stereocenters. The molecule has 24 heavy (non-hydrogen) atoms. The third-order valence-corrected chi connectivity index (χ3v) is 5.49. The third-order valence-electron chi connectivity index (χ3n) is 4.60. The van der Waals surface area contributed by atoms with Crippen LogP contribution < -0.4 is 5.32 Å². The molecule has 1 aromatic rings. The van der Waals surface area contributed by atoms with Crippen LogP contribution in [0.1, 0.15) is 48.7 Å². The van der Waals surface area contributed by atoms with Crippen molar-refractivity contribution >= 4 is 34.9 Å². The van der Waals surface area contributed by atoms with Gasteiger partial charge >= 0.3 is 11.9 Å². The van der Waals surface area contributed by atoms with Crippen LogP contribution in [-0.2, 0) is 19.1 Å². The Kier molecular flexibility index (Phi) is 4.45. The Balaban J connectivity index is 1.89. The molecular formula is C17H19NO5S. The number of ether oxygens (including phenoxy) is 2. The first-order chi connectivity index (χ1) is 11.5. The van der Waals surface area contributed by atoms with Crippen molar-refractivity contribution in [2.75, 3.05) is 12.4 Å². The summed E-state index contributed by atoms with van der Waals surface area (Å²) < 4.78 is 10.3. The van der Waals surface area contributed by atoms with Crippen molar-refractivity contribution in [3.05, 3.63) is 27.5 Å². The first kappa shape index (κ1) is 16.7. The number of carbonyl (C=O) groups excluding carboxylic acids is 3. The molecule has 7 heteroatoms. The fourth-order valence-electron chi connectivity index (χ4n) is 3.44. The van der Waals surface area contributed by atoms with E-state index in [1.165, 1.54) is 18.4 Å². The van der Waals surface area contributed by atoms with Crippen molar-refractivity contribution in [2.45, 2.75) is 44.6 Å². The molecule has 1 amide bonds. The summed E-state index contributed by atoms with van der Waals surface area (Å²) in [5, 5.41) is 4.45. The van der Waals surface area contributed by atoms with Gasteiger partial charge in [0.1, 0.15) is 10.5 Å². The summed E-state index contributed by atoms with van der Waals surface area (Å²) in [6.45, 7) is 1.62. The first-order valence-electron chi connectivity index (χ1n) is 7.90. The molecule has 0 bridgehead atoms. The van der Waals surface area contributed by atoms with Gasteiger partial charge in [0, 0.05) is 5.57 Å². The molecule has 0 saturated heterocycles. The molecule has 6 nitrogen and oxygen atoms in total. The molecule has 3 rings (SSSR count). The van der Waals surface area contributed by atoms with E-state index in [4.69, 9.17) is 9.47 Å². The van der Waals surface area contributed by atoms with E-state index in [1.807, 2.05) is 0 Å². The predicted molar refractivity (Wildman–Crippen MR) is 88.9 cm³/mol. The van der Waals surface area contributed by atoms with Crippen molar-refractivity contribution in [1.29, 1.82) is 0 Å². The summed E-state index contributed by atoms with van der Waals surface area (Å²) in [7, 11) is 1.29. The minimum Gasteiger partial charge on any atom is -0.465 e. The third kappa shape index (κ3) is 2.73. The fourth-order valence-corrected chi connectivity index (χ4v) is 4.21. The predicted octanol–water partition coefficient (Wildman–Crippen LogP) is 3.05. The van der Waals surface area contributed by atoms with E-state index in [0.717, 1.165) is 19.3 Å². The average Bonchev–Trinajstić information content (AvgIpc) is 3.11. The molecule has 1 aromatic heterocycles. The highest BCUT2D eigenvalue weighted by atomic mass is 32.1. The molecule has 1 fully saturated rings. The fraction of sp³-hybridized carbons (Fsp3) is 0.471. The van der Waals surface area contributed by atoms with Crippen molar-refractivity contribution in [1.82, 2.24) is 0 Å². The zero-order valence-electron chi connectivity index (χ0n) is 13.6. The average molecular weight is 349 g/mol. The monoisotopic (exact) mass is 349 g/mol. The van der Waals surface area contributed by atoms with E-state index in [-0.39, 0.29) is 5.91 Å². The lowest BCUT2D eigenvalue weighted by Gasteiger charge is -2.33. The van der Waals surface area contributed by atoms with Crippen LogP contribution in [0.25, 0.3) is 0 Å². The molecule has 2 heterocycles. The zero-order chi connectivity index (χ0) is 17.3. The number of carbonyl (C=O) groups is 3. The largest absolute Gasteiger partial charge is 0.465 e. The lowest BCUT2D eigenvalue weighted by atomic mass is 9.78. The van der Waals surface area contributed by atoms with Crippen LogP contribution in [0.3, 0.4) is 0 Å². The van der Waals surface area contributed by atoms with Crippen LogP contribution in [0.2, 0.25) is 0 Å². The van der Waals surface area contributed by atoms with Gasteiger partial charge < -0.3 is 14.8 Å². The minimum absolute atomic E-state index is 0.326. The minimum atomic E-state index is -0.815. The van der Waals surface area contributed by atoms with Crippen LogP contribution in [0.15, 0.2) is 22.6 Å². The number of amides is 1. The summed E-state index contributed by atoms with van der Waals surface area (Å²) >= 11 is 1.19. The Hall–Kier alpha value is -2.15. The highest BCUT2D eigenvalue weighted by Gasteiger charge is 2.49. The first-order valence-corrected chi connectivity index (χ1v) is 8.78. The van der Waals surface area contributed by atoms with Crippen molar-refractivity contribution in [3.63, 3.8) is 0 Å². The van der Waals surface area contributed by atoms with E-state index >= 15 is 0 Å². The highest BCUT2D eigenvalue weighted by Crippen LogP contribution is 2.44. The number of anilines is 1. The standard InChI is InChI=1S/C17H19NO5S/c1-10-12(17(23-15(10)20)7-4-3-5-8-17)14(19)18-11-6-9-24-13(11)16(21)22-2/h6,9H,3-5,7-8H2,1-2H3,(H,18,19). The van der Waals surface area contributed by atoms with Gasteiger partial charge in [0.2, 0.25) is 0 Å². The lowest BCUT2D eigenvalue weighted by Crippen LogP contribution is -2.39. The molecule has 1 saturated carbocycles. The maximum Gasteiger partial charge on any atom is 0.350 e. The molecule has 1 spiro atoms. The zero-order valence-corrected chi connectivity index (χ0v) is 14.5. The molecule has 1 aliphatic heterocycles. The Labute approximate surface area is 143 Å². The molecule has 2 aliphatic rings. The van der Waals surface area contributed by atoms with Crippen LogP contribution >= 0.6 is 11.3 Å². The molecule has 0 unspecified atom stereocenters. The topological polar surface area (TPSA) is 81.7 Å². The van der Waals surface area contributed by atoms with Crippen molar-refractivity contribution in [2.24, 2.45) is 0 Å².